The zero-order valence-corrected chi connectivity index (χ0v) is 17.5. The molecule has 2 aromatic carbocycles. The van der Waals surface area contributed by atoms with Crippen molar-refractivity contribution in [1.29, 1.82) is 0 Å². The van der Waals surface area contributed by atoms with Crippen LogP contribution in [0.3, 0.4) is 0 Å². The number of carbonyl (C=O) groups is 1. The van der Waals surface area contributed by atoms with E-state index in [-0.39, 0.29) is 24.8 Å². The molecule has 0 spiro atoms. The van der Waals surface area contributed by atoms with Gasteiger partial charge in [0.2, 0.25) is 12.7 Å². The maximum atomic E-state index is 12.5. The first-order valence-electron chi connectivity index (χ1n) is 10.2. The van der Waals surface area contributed by atoms with Gasteiger partial charge in [-0.3, -0.25) is 14.2 Å². The van der Waals surface area contributed by atoms with E-state index in [2.05, 4.69) is 29.0 Å². The van der Waals surface area contributed by atoms with Gasteiger partial charge in [-0.2, -0.15) is 0 Å². The molecule has 2 heterocycles. The summed E-state index contributed by atoms with van der Waals surface area (Å²) >= 11 is 0. The van der Waals surface area contributed by atoms with Crippen molar-refractivity contribution in [3.05, 3.63) is 65.2 Å². The number of hydrogen-bond donors (Lipinski definition) is 1. The Bertz CT molecular complexity index is 1140. The molecule has 4 rings (SSSR count). The van der Waals surface area contributed by atoms with E-state index in [0.29, 0.717) is 22.9 Å². The number of nitrogens with zero attached hydrogens (tertiary/aromatic N) is 3. The number of nitrogens with one attached hydrogen (secondary N) is 1. The van der Waals surface area contributed by atoms with Crippen LogP contribution in [0.5, 0.6) is 11.5 Å². The third-order valence-corrected chi connectivity index (χ3v) is 5.14. The molecule has 1 N–H and O–H groups in total. The lowest BCUT2D eigenvalue weighted by Crippen LogP contribution is -2.27. The van der Waals surface area contributed by atoms with Gasteiger partial charge in [0.1, 0.15) is 6.54 Å². The fraction of sp³-hybridized carbons (Fsp3) is 0.261. The number of aromatic nitrogens is 2. The van der Waals surface area contributed by atoms with E-state index in [1.54, 1.807) is 12.1 Å². The molecule has 0 unspecified atom stereocenters. The van der Waals surface area contributed by atoms with Crippen molar-refractivity contribution in [1.82, 2.24) is 9.55 Å². The second kappa shape index (κ2) is 8.91. The smallest absolute Gasteiger partial charge is 0.254 e. The van der Waals surface area contributed by atoms with E-state index in [0.717, 1.165) is 24.3 Å². The van der Waals surface area contributed by atoms with E-state index in [1.165, 1.54) is 17.0 Å². The van der Waals surface area contributed by atoms with Crippen LogP contribution in [0.1, 0.15) is 13.8 Å². The van der Waals surface area contributed by atoms with Gasteiger partial charge in [0.15, 0.2) is 11.5 Å². The Morgan fingerprint density at radius 2 is 1.81 bits per heavy atom. The van der Waals surface area contributed by atoms with E-state index in [1.807, 2.05) is 30.3 Å². The average molecular weight is 420 g/mol. The van der Waals surface area contributed by atoms with Crippen LogP contribution in [0.25, 0.3) is 11.3 Å². The highest BCUT2D eigenvalue weighted by Gasteiger charge is 2.15. The Balaban J connectivity index is 1.42. The number of anilines is 2. The van der Waals surface area contributed by atoms with Crippen LogP contribution < -0.4 is 25.2 Å². The largest absolute Gasteiger partial charge is 0.454 e. The number of benzene rings is 2. The molecule has 0 saturated carbocycles. The van der Waals surface area contributed by atoms with E-state index >= 15 is 0 Å². The summed E-state index contributed by atoms with van der Waals surface area (Å²) in [7, 11) is 0. The summed E-state index contributed by atoms with van der Waals surface area (Å²) in [6.45, 7) is 6.10. The predicted molar refractivity (Wildman–Crippen MR) is 119 cm³/mol. The number of fused-ring (bicyclic) bond motifs is 1. The zero-order chi connectivity index (χ0) is 21.8. The van der Waals surface area contributed by atoms with Crippen molar-refractivity contribution in [2.75, 3.05) is 30.1 Å². The van der Waals surface area contributed by atoms with Gasteiger partial charge in [-0.15, -0.1) is 0 Å². The molecule has 160 valence electrons. The molecule has 1 aliphatic heterocycles. The quantitative estimate of drug-likeness (QED) is 0.632. The highest BCUT2D eigenvalue weighted by molar-refractivity contribution is 5.90. The summed E-state index contributed by atoms with van der Waals surface area (Å²) in [5, 5.41) is 2.82. The molecule has 0 radical (unpaired) electrons. The second-order valence-electron chi connectivity index (χ2n) is 7.08. The Hall–Kier alpha value is -3.81. The van der Waals surface area contributed by atoms with Gasteiger partial charge in [-0.25, -0.2) is 4.98 Å². The predicted octanol–water partition coefficient (Wildman–Crippen LogP) is 3.12. The Morgan fingerprint density at radius 3 is 2.52 bits per heavy atom. The third kappa shape index (κ3) is 4.53. The first-order valence-corrected chi connectivity index (χ1v) is 10.2. The van der Waals surface area contributed by atoms with Crippen molar-refractivity contribution in [2.45, 2.75) is 20.4 Å². The van der Waals surface area contributed by atoms with E-state index in [9.17, 15) is 9.59 Å². The lowest BCUT2D eigenvalue weighted by molar-refractivity contribution is -0.116. The summed E-state index contributed by atoms with van der Waals surface area (Å²) < 4.78 is 11.9. The molecule has 8 heteroatoms. The second-order valence-corrected chi connectivity index (χ2v) is 7.08. The number of carbonyl (C=O) groups excluding carboxylic acids is 1. The van der Waals surface area contributed by atoms with Gasteiger partial charge in [0.05, 0.1) is 12.0 Å². The minimum Gasteiger partial charge on any atom is -0.454 e. The van der Waals surface area contributed by atoms with Crippen molar-refractivity contribution >= 4 is 17.3 Å². The molecule has 0 saturated heterocycles. The summed E-state index contributed by atoms with van der Waals surface area (Å²) in [5.74, 6) is 0.990. The number of rotatable bonds is 7. The molecule has 8 nitrogen and oxygen atoms in total. The molecule has 0 atom stereocenters. The van der Waals surface area contributed by atoms with Crippen LogP contribution in [0.2, 0.25) is 0 Å². The van der Waals surface area contributed by atoms with Gasteiger partial charge in [0, 0.05) is 36.1 Å². The normalized spacial score (nSPS) is 11.9. The molecule has 1 amide bonds. The van der Waals surface area contributed by atoms with Crippen LogP contribution in [0.4, 0.5) is 11.4 Å². The third-order valence-electron chi connectivity index (χ3n) is 5.14. The average Bonchev–Trinajstić information content (AvgIpc) is 3.25. The molecular weight excluding hydrogens is 396 g/mol. The molecule has 31 heavy (non-hydrogen) atoms. The highest BCUT2D eigenvalue weighted by Crippen LogP contribution is 2.35. The fourth-order valence-corrected chi connectivity index (χ4v) is 3.46. The molecule has 0 aliphatic carbocycles. The maximum Gasteiger partial charge on any atom is 0.254 e. The van der Waals surface area contributed by atoms with Gasteiger partial charge >= 0.3 is 0 Å². The summed E-state index contributed by atoms with van der Waals surface area (Å²) in [5.41, 5.74) is 2.72. The van der Waals surface area contributed by atoms with Gasteiger partial charge in [0.25, 0.3) is 5.56 Å². The molecule has 1 aromatic heterocycles. The number of amides is 1. The van der Waals surface area contributed by atoms with Gasteiger partial charge < -0.3 is 19.7 Å². The van der Waals surface area contributed by atoms with E-state index < -0.39 is 0 Å². The minimum atomic E-state index is -0.310. The van der Waals surface area contributed by atoms with E-state index in [4.69, 9.17) is 9.47 Å². The lowest BCUT2D eigenvalue weighted by Gasteiger charge is -2.21. The van der Waals surface area contributed by atoms with Gasteiger partial charge in [-0.05, 0) is 56.3 Å². The van der Waals surface area contributed by atoms with Crippen molar-refractivity contribution in [3.8, 4) is 22.8 Å². The van der Waals surface area contributed by atoms with Gasteiger partial charge in [-0.1, -0.05) is 0 Å². The Morgan fingerprint density at radius 1 is 1.06 bits per heavy atom. The summed E-state index contributed by atoms with van der Waals surface area (Å²) in [6.07, 6.45) is 1.38. The fourth-order valence-electron chi connectivity index (χ4n) is 3.46. The van der Waals surface area contributed by atoms with Crippen LogP contribution in [-0.4, -0.2) is 35.3 Å². The summed E-state index contributed by atoms with van der Waals surface area (Å²) in [6, 6.07) is 14.4. The van der Waals surface area contributed by atoms with Crippen molar-refractivity contribution < 1.29 is 14.3 Å². The van der Waals surface area contributed by atoms with Crippen LogP contribution in [-0.2, 0) is 11.3 Å². The molecule has 1 aliphatic rings. The minimum absolute atomic E-state index is 0.120. The highest BCUT2D eigenvalue weighted by atomic mass is 16.7. The van der Waals surface area contributed by atoms with Crippen LogP contribution in [0.15, 0.2) is 59.7 Å². The molecular formula is C23H24N4O4. The summed E-state index contributed by atoms with van der Waals surface area (Å²) in [4.78, 5) is 31.5. The molecule has 0 fully saturated rings. The van der Waals surface area contributed by atoms with Crippen LogP contribution >= 0.6 is 0 Å². The zero-order valence-electron chi connectivity index (χ0n) is 17.5. The Kier molecular flexibility index (Phi) is 5.88. The van der Waals surface area contributed by atoms with Crippen molar-refractivity contribution in [2.24, 2.45) is 0 Å². The van der Waals surface area contributed by atoms with Crippen LogP contribution in [0, 0.1) is 0 Å². The standard InChI is InChI=1S/C23H24N4O4/c1-3-26(4-2)18-8-6-17(7-9-18)25-22(28)13-27-14-24-19(12-23(27)29)16-5-10-20-21(11-16)31-15-30-20/h5-12,14H,3-4,13,15H2,1-2H3,(H,25,28). The first-order chi connectivity index (χ1) is 15.1. The van der Waals surface area contributed by atoms with Crippen molar-refractivity contribution in [3.63, 3.8) is 0 Å². The molecule has 3 aromatic rings. The molecule has 0 bridgehead atoms. The number of hydrogen-bond acceptors (Lipinski definition) is 6. The maximum absolute atomic E-state index is 12.5. The number of ether oxygens (including phenoxy) is 2. The SMILES string of the molecule is CCN(CC)c1ccc(NC(=O)Cn2cnc(-c3ccc4c(c3)OCO4)cc2=O)cc1. The topological polar surface area (TPSA) is 85.7 Å². The lowest BCUT2D eigenvalue weighted by atomic mass is 10.1. The monoisotopic (exact) mass is 420 g/mol. The first kappa shape index (κ1) is 20.5. The Labute approximate surface area is 180 Å².